The number of rotatable bonds is 6. The normalized spacial score (nSPS) is 10.8. The monoisotopic (exact) mass is 347 g/mol. The Kier molecular flexibility index (Phi) is 5.49. The number of amides is 1. The van der Waals surface area contributed by atoms with Crippen LogP contribution in [-0.2, 0) is 11.3 Å². The number of hydrogen-bond acceptors (Lipinski definition) is 3. The van der Waals surface area contributed by atoms with Gasteiger partial charge in [-0.3, -0.25) is 4.79 Å². The summed E-state index contributed by atoms with van der Waals surface area (Å²) in [6.45, 7) is 2.29. The first-order valence-electron chi connectivity index (χ1n) is 8.39. The molecule has 0 aliphatic rings. The summed E-state index contributed by atoms with van der Waals surface area (Å²) in [5, 5.41) is 2.85. The molecule has 0 saturated carbocycles. The summed E-state index contributed by atoms with van der Waals surface area (Å²) < 4.78 is 5.27. The van der Waals surface area contributed by atoms with Gasteiger partial charge in [0, 0.05) is 17.7 Å². The van der Waals surface area contributed by atoms with Crippen LogP contribution < -0.4 is 10.1 Å². The molecule has 2 N–H and O–H groups in total. The second-order valence-corrected chi connectivity index (χ2v) is 5.80. The number of carbonyl (C=O) groups excluding carboxylic acids is 1. The fraction of sp³-hybridized carbons (Fsp3) is 0.143. The quantitative estimate of drug-likeness (QED) is 0.664. The first-order valence-corrected chi connectivity index (χ1v) is 8.39. The van der Waals surface area contributed by atoms with Crippen molar-refractivity contribution < 1.29 is 9.53 Å². The van der Waals surface area contributed by atoms with Crippen LogP contribution in [-0.4, -0.2) is 23.0 Å². The highest BCUT2D eigenvalue weighted by Crippen LogP contribution is 2.25. The molecule has 5 heteroatoms. The van der Waals surface area contributed by atoms with E-state index in [0.717, 1.165) is 34.0 Å². The van der Waals surface area contributed by atoms with Crippen molar-refractivity contribution in [3.05, 3.63) is 72.4 Å². The van der Waals surface area contributed by atoms with Gasteiger partial charge in [-0.15, -0.1) is 0 Å². The smallest absolute Gasteiger partial charge is 0.243 e. The van der Waals surface area contributed by atoms with E-state index in [-0.39, 0.29) is 5.91 Å². The molecule has 0 aliphatic carbocycles. The molecule has 0 fully saturated rings. The fourth-order valence-corrected chi connectivity index (χ4v) is 2.63. The Balaban J connectivity index is 1.78. The Morgan fingerprint density at radius 3 is 2.81 bits per heavy atom. The average Bonchev–Trinajstić information content (AvgIpc) is 3.17. The first-order chi connectivity index (χ1) is 12.7. The molecule has 1 aromatic heterocycles. The topological polar surface area (TPSA) is 67.0 Å². The Labute approximate surface area is 152 Å². The van der Waals surface area contributed by atoms with Crippen molar-refractivity contribution >= 4 is 5.91 Å². The number of ether oxygens (including phenoxy) is 1. The summed E-state index contributed by atoms with van der Waals surface area (Å²) in [4.78, 5) is 19.4. The second-order valence-electron chi connectivity index (χ2n) is 5.80. The molecule has 0 bridgehead atoms. The number of imidazole rings is 1. The lowest BCUT2D eigenvalue weighted by Crippen LogP contribution is -2.20. The highest BCUT2D eigenvalue weighted by Gasteiger charge is 2.07. The summed E-state index contributed by atoms with van der Waals surface area (Å²) >= 11 is 0. The van der Waals surface area contributed by atoms with Crippen molar-refractivity contribution in [1.82, 2.24) is 15.3 Å². The molecule has 0 radical (unpaired) electrons. The second kappa shape index (κ2) is 8.16. The Morgan fingerprint density at radius 1 is 1.19 bits per heavy atom. The van der Waals surface area contributed by atoms with Crippen molar-refractivity contribution in [1.29, 1.82) is 0 Å². The third-order valence-corrected chi connectivity index (χ3v) is 3.94. The van der Waals surface area contributed by atoms with E-state index < -0.39 is 0 Å². The van der Waals surface area contributed by atoms with Crippen LogP contribution >= 0.6 is 0 Å². The van der Waals surface area contributed by atoms with Gasteiger partial charge in [-0.2, -0.15) is 0 Å². The van der Waals surface area contributed by atoms with Crippen LogP contribution in [0.2, 0.25) is 0 Å². The molecular formula is C21H21N3O2. The Morgan fingerprint density at radius 2 is 2.00 bits per heavy atom. The molecule has 3 rings (SSSR count). The summed E-state index contributed by atoms with van der Waals surface area (Å²) in [6.07, 6.45) is 5.04. The van der Waals surface area contributed by atoms with E-state index in [0.29, 0.717) is 6.54 Å². The number of H-pyrrole nitrogens is 1. The lowest BCUT2D eigenvalue weighted by atomic mass is 10.1. The molecule has 0 spiro atoms. The highest BCUT2D eigenvalue weighted by atomic mass is 16.5. The van der Waals surface area contributed by atoms with Crippen molar-refractivity contribution in [3.63, 3.8) is 0 Å². The SMILES string of the molecule is C/C=C/C(=O)NCc1cccc(-c2ncc(-c3cccc(OC)c3)[nH]2)c1. The summed E-state index contributed by atoms with van der Waals surface area (Å²) in [6, 6.07) is 15.8. The van der Waals surface area contributed by atoms with Crippen LogP contribution in [0, 0.1) is 0 Å². The van der Waals surface area contributed by atoms with E-state index in [1.165, 1.54) is 6.08 Å². The molecule has 3 aromatic rings. The highest BCUT2D eigenvalue weighted by molar-refractivity contribution is 5.87. The molecule has 132 valence electrons. The minimum atomic E-state index is -0.101. The number of methoxy groups -OCH3 is 1. The van der Waals surface area contributed by atoms with Gasteiger partial charge in [0.25, 0.3) is 0 Å². The molecule has 0 atom stereocenters. The maximum Gasteiger partial charge on any atom is 0.243 e. The van der Waals surface area contributed by atoms with Crippen LogP contribution in [0.25, 0.3) is 22.6 Å². The zero-order valence-electron chi connectivity index (χ0n) is 14.8. The minimum Gasteiger partial charge on any atom is -0.497 e. The van der Waals surface area contributed by atoms with Gasteiger partial charge in [0.1, 0.15) is 11.6 Å². The zero-order valence-corrected chi connectivity index (χ0v) is 14.8. The van der Waals surface area contributed by atoms with E-state index in [1.807, 2.05) is 61.7 Å². The standard InChI is InChI=1S/C21H21N3O2/c1-3-6-20(25)22-13-15-7-4-9-17(11-15)21-23-14-19(24-21)16-8-5-10-18(12-16)26-2/h3-12,14H,13H2,1-2H3,(H,22,25)(H,23,24)/b6-3+. The summed E-state index contributed by atoms with van der Waals surface area (Å²) in [5.74, 6) is 1.48. The molecular weight excluding hydrogens is 326 g/mol. The Hall–Kier alpha value is -3.34. The van der Waals surface area contributed by atoms with Gasteiger partial charge in [0.05, 0.1) is 19.0 Å². The van der Waals surface area contributed by atoms with Crippen LogP contribution in [0.4, 0.5) is 0 Å². The van der Waals surface area contributed by atoms with Crippen molar-refractivity contribution in [3.8, 4) is 28.4 Å². The van der Waals surface area contributed by atoms with Crippen LogP contribution in [0.5, 0.6) is 5.75 Å². The summed E-state index contributed by atoms with van der Waals surface area (Å²) in [7, 11) is 1.65. The third kappa shape index (κ3) is 4.19. The molecule has 26 heavy (non-hydrogen) atoms. The van der Waals surface area contributed by atoms with Crippen LogP contribution in [0.3, 0.4) is 0 Å². The number of benzene rings is 2. The number of carbonyl (C=O) groups is 1. The number of aromatic nitrogens is 2. The fourth-order valence-electron chi connectivity index (χ4n) is 2.63. The van der Waals surface area contributed by atoms with Gasteiger partial charge < -0.3 is 15.0 Å². The van der Waals surface area contributed by atoms with E-state index in [4.69, 9.17) is 4.74 Å². The Bertz CT molecular complexity index is 928. The van der Waals surface area contributed by atoms with Gasteiger partial charge in [-0.05, 0) is 36.8 Å². The third-order valence-electron chi connectivity index (χ3n) is 3.94. The van der Waals surface area contributed by atoms with E-state index in [9.17, 15) is 4.79 Å². The predicted octanol–water partition coefficient (Wildman–Crippen LogP) is 3.94. The maximum atomic E-state index is 11.6. The minimum absolute atomic E-state index is 0.101. The average molecular weight is 347 g/mol. The summed E-state index contributed by atoms with van der Waals surface area (Å²) in [5.41, 5.74) is 3.92. The molecule has 1 heterocycles. The van der Waals surface area contributed by atoms with Gasteiger partial charge in [0.15, 0.2) is 0 Å². The van der Waals surface area contributed by atoms with Crippen molar-refractivity contribution in [2.45, 2.75) is 13.5 Å². The van der Waals surface area contributed by atoms with Gasteiger partial charge >= 0.3 is 0 Å². The van der Waals surface area contributed by atoms with Crippen molar-refractivity contribution in [2.24, 2.45) is 0 Å². The van der Waals surface area contributed by atoms with Crippen LogP contribution in [0.1, 0.15) is 12.5 Å². The van der Waals surface area contributed by atoms with E-state index in [1.54, 1.807) is 13.2 Å². The zero-order chi connectivity index (χ0) is 18.4. The number of nitrogens with one attached hydrogen (secondary N) is 2. The van der Waals surface area contributed by atoms with Gasteiger partial charge in [-0.25, -0.2) is 4.98 Å². The van der Waals surface area contributed by atoms with E-state index in [2.05, 4.69) is 15.3 Å². The lowest BCUT2D eigenvalue weighted by Gasteiger charge is -2.05. The molecule has 1 amide bonds. The maximum absolute atomic E-state index is 11.6. The molecule has 2 aromatic carbocycles. The predicted molar refractivity (Wildman–Crippen MR) is 103 cm³/mol. The van der Waals surface area contributed by atoms with Gasteiger partial charge in [-0.1, -0.05) is 36.4 Å². The number of aromatic amines is 1. The number of allylic oxidation sites excluding steroid dienone is 1. The molecule has 0 saturated heterocycles. The first kappa shape index (κ1) is 17.5. The number of hydrogen-bond donors (Lipinski definition) is 2. The van der Waals surface area contributed by atoms with Crippen LogP contribution in [0.15, 0.2) is 66.9 Å². The molecule has 0 aliphatic heterocycles. The number of nitrogens with zero attached hydrogens (tertiary/aromatic N) is 1. The largest absolute Gasteiger partial charge is 0.497 e. The van der Waals surface area contributed by atoms with Gasteiger partial charge in [0.2, 0.25) is 5.91 Å². The molecule has 0 unspecified atom stereocenters. The van der Waals surface area contributed by atoms with E-state index >= 15 is 0 Å². The molecule has 5 nitrogen and oxygen atoms in total. The lowest BCUT2D eigenvalue weighted by molar-refractivity contribution is -0.116. The van der Waals surface area contributed by atoms with Crippen molar-refractivity contribution in [2.75, 3.05) is 7.11 Å².